The van der Waals surface area contributed by atoms with Crippen LogP contribution in [0, 0.1) is 0 Å². The van der Waals surface area contributed by atoms with Gasteiger partial charge in [0.25, 0.3) is 0 Å². The first-order valence-electron chi connectivity index (χ1n) is 4.60. The number of aromatic nitrogens is 1. The van der Waals surface area contributed by atoms with Crippen LogP contribution in [0.4, 0.5) is 0 Å². The number of rotatable bonds is 6. The minimum absolute atomic E-state index is 0.0159. The zero-order chi connectivity index (χ0) is 10.2. The van der Waals surface area contributed by atoms with E-state index in [1.54, 1.807) is 6.20 Å². The molecule has 0 fully saturated rings. The second kappa shape index (κ2) is 6.61. The molecule has 1 aromatic rings. The molecule has 0 bridgehead atoms. The molecule has 1 rings (SSSR count). The Bertz CT molecular complexity index is 277. The summed E-state index contributed by atoms with van der Waals surface area (Å²) in [5.74, 6) is -0.682. The molecule has 0 spiro atoms. The van der Waals surface area contributed by atoms with Crippen molar-refractivity contribution in [2.24, 2.45) is 0 Å². The summed E-state index contributed by atoms with van der Waals surface area (Å²) in [7, 11) is 0. The molecule has 1 atom stereocenters. The van der Waals surface area contributed by atoms with Crippen LogP contribution in [0.1, 0.15) is 18.4 Å². The van der Waals surface area contributed by atoms with Gasteiger partial charge in [0.2, 0.25) is 0 Å². The van der Waals surface area contributed by atoms with Crippen LogP contribution in [-0.4, -0.2) is 31.8 Å². The van der Waals surface area contributed by atoms with Crippen molar-refractivity contribution >= 4 is 21.7 Å². The third-order valence-electron chi connectivity index (χ3n) is 1.80. The fraction of sp³-hybridized carbons (Fsp3) is 0.400. The molecule has 1 N–H and O–H groups in total. The van der Waals surface area contributed by atoms with E-state index in [1.807, 2.05) is 12.3 Å². The zero-order valence-corrected chi connectivity index (χ0v) is 10.0. The number of carboxylic acid groups (broad SMARTS) is 1. The molecule has 0 radical (unpaired) electrons. The van der Waals surface area contributed by atoms with Gasteiger partial charge in [-0.1, -0.05) is 0 Å². The van der Waals surface area contributed by atoms with Crippen LogP contribution in [0.2, 0.25) is 5.21 Å². The molecule has 76 valence electrons. The van der Waals surface area contributed by atoms with Crippen LogP contribution >= 0.6 is 0 Å². The van der Waals surface area contributed by atoms with Gasteiger partial charge in [0.05, 0.1) is 0 Å². The summed E-state index contributed by atoms with van der Waals surface area (Å²) in [4.78, 5) is 14.3. The first kappa shape index (κ1) is 11.3. The molecule has 1 unspecified atom stereocenters. The van der Waals surface area contributed by atoms with E-state index >= 15 is 0 Å². The van der Waals surface area contributed by atoms with Gasteiger partial charge in [-0.05, 0) is 0 Å². The van der Waals surface area contributed by atoms with Gasteiger partial charge < -0.3 is 0 Å². The second-order valence-electron chi connectivity index (χ2n) is 3.04. The molecule has 1 heterocycles. The van der Waals surface area contributed by atoms with Crippen molar-refractivity contribution in [3.63, 3.8) is 0 Å². The molecule has 0 aliphatic carbocycles. The van der Waals surface area contributed by atoms with Crippen LogP contribution in [0.5, 0.6) is 0 Å². The Morgan fingerprint density at radius 1 is 1.57 bits per heavy atom. The number of nitrogens with zero attached hydrogens (tertiary/aromatic N) is 1. The topological polar surface area (TPSA) is 50.2 Å². The van der Waals surface area contributed by atoms with Crippen LogP contribution in [0.25, 0.3) is 0 Å². The third-order valence-corrected chi connectivity index (χ3v) is 4.66. The summed E-state index contributed by atoms with van der Waals surface area (Å²) < 4.78 is 0. The van der Waals surface area contributed by atoms with Gasteiger partial charge in [-0.3, -0.25) is 0 Å². The maximum absolute atomic E-state index is 10.2. The van der Waals surface area contributed by atoms with E-state index in [9.17, 15) is 4.79 Å². The van der Waals surface area contributed by atoms with Crippen LogP contribution in [0.3, 0.4) is 0 Å². The van der Waals surface area contributed by atoms with E-state index in [-0.39, 0.29) is 15.8 Å². The van der Waals surface area contributed by atoms with Gasteiger partial charge >= 0.3 is 90.0 Å². The molecule has 0 aliphatic rings. The van der Waals surface area contributed by atoms with E-state index in [0.717, 1.165) is 16.8 Å². The molecule has 0 aromatic carbocycles. The first-order valence-corrected chi connectivity index (χ1v) is 7.57. The zero-order valence-electron chi connectivity index (χ0n) is 7.94. The molecule has 4 heteroatoms. The van der Waals surface area contributed by atoms with E-state index in [1.165, 1.54) is 5.56 Å². The van der Waals surface area contributed by atoms with Crippen LogP contribution < -0.4 is 0 Å². The molecular weight excluding hydrogens is 241 g/mol. The number of pyridine rings is 1. The quantitative estimate of drug-likeness (QED) is 0.615. The Hall–Kier alpha value is -0.822. The average Bonchev–Trinajstić information content (AvgIpc) is 2.18. The fourth-order valence-electron chi connectivity index (χ4n) is 1.10. The minimum atomic E-state index is -0.682. The number of carboxylic acids is 1. The summed E-state index contributed by atoms with van der Waals surface area (Å²) >= 11 is -0.0159. The standard InChI is InChI=1S/C10H14AsNO2/c13-10(14)4-1-5-11-7-9-3-2-6-12-8-9/h2-3,6,8,11H,1,4-5,7H2,(H,13,14). The number of carbonyl (C=O) groups is 1. The Balaban J connectivity index is 2.08. The summed E-state index contributed by atoms with van der Waals surface area (Å²) in [5, 5.41) is 10.7. The van der Waals surface area contributed by atoms with Crippen molar-refractivity contribution in [3.05, 3.63) is 30.1 Å². The predicted molar refractivity (Wildman–Crippen MR) is 56.8 cm³/mol. The fourth-order valence-corrected chi connectivity index (χ4v) is 3.41. The maximum atomic E-state index is 10.2. The Morgan fingerprint density at radius 3 is 3.07 bits per heavy atom. The molecule has 1 aromatic heterocycles. The first-order chi connectivity index (χ1) is 6.79. The third kappa shape index (κ3) is 5.03. The van der Waals surface area contributed by atoms with E-state index in [2.05, 4.69) is 11.1 Å². The molecule has 3 nitrogen and oxygen atoms in total. The number of hydrogen-bond donors (Lipinski definition) is 1. The van der Waals surface area contributed by atoms with Gasteiger partial charge in [-0.25, -0.2) is 0 Å². The summed E-state index contributed by atoms with van der Waals surface area (Å²) in [6.45, 7) is 0. The monoisotopic (exact) mass is 255 g/mol. The van der Waals surface area contributed by atoms with Gasteiger partial charge in [-0.15, -0.1) is 0 Å². The summed E-state index contributed by atoms with van der Waals surface area (Å²) in [6.07, 6.45) is 4.81. The SMILES string of the molecule is O=C(O)CCC[AsH]Cc1cccnc1. The van der Waals surface area contributed by atoms with Crippen molar-refractivity contribution in [1.82, 2.24) is 4.98 Å². The van der Waals surface area contributed by atoms with Crippen LogP contribution in [0.15, 0.2) is 24.5 Å². The predicted octanol–water partition coefficient (Wildman–Crippen LogP) is 1.30. The van der Waals surface area contributed by atoms with E-state index < -0.39 is 5.97 Å². The summed E-state index contributed by atoms with van der Waals surface area (Å²) in [6, 6.07) is 4.02. The molecule has 0 amide bonds. The van der Waals surface area contributed by atoms with Crippen molar-refractivity contribution in [1.29, 1.82) is 0 Å². The van der Waals surface area contributed by atoms with Crippen LogP contribution in [-0.2, 0) is 10.0 Å². The average molecular weight is 255 g/mol. The summed E-state index contributed by atoms with van der Waals surface area (Å²) in [5.41, 5.74) is 1.28. The molecular formula is C10H14AsNO2. The van der Waals surface area contributed by atoms with Crippen molar-refractivity contribution in [2.45, 2.75) is 23.3 Å². The Morgan fingerprint density at radius 2 is 2.43 bits per heavy atom. The van der Waals surface area contributed by atoms with Gasteiger partial charge in [0.15, 0.2) is 0 Å². The Kier molecular flexibility index (Phi) is 5.31. The van der Waals surface area contributed by atoms with Gasteiger partial charge in [0, 0.05) is 0 Å². The number of hydrogen-bond acceptors (Lipinski definition) is 2. The second-order valence-corrected chi connectivity index (χ2v) is 5.88. The molecule has 0 saturated carbocycles. The number of aliphatic carboxylic acids is 1. The molecule has 0 saturated heterocycles. The van der Waals surface area contributed by atoms with Crippen molar-refractivity contribution in [2.75, 3.05) is 0 Å². The Labute approximate surface area is 90.2 Å². The molecule has 0 aliphatic heterocycles. The molecule has 14 heavy (non-hydrogen) atoms. The van der Waals surface area contributed by atoms with Crippen molar-refractivity contribution in [3.8, 4) is 0 Å². The van der Waals surface area contributed by atoms with Gasteiger partial charge in [-0.2, -0.15) is 0 Å². The van der Waals surface area contributed by atoms with E-state index in [4.69, 9.17) is 5.11 Å². The van der Waals surface area contributed by atoms with E-state index in [0.29, 0.717) is 6.42 Å². The van der Waals surface area contributed by atoms with Gasteiger partial charge in [0.1, 0.15) is 0 Å². The normalized spacial score (nSPS) is 10.9. The van der Waals surface area contributed by atoms with Crippen molar-refractivity contribution < 1.29 is 9.90 Å².